The van der Waals surface area contributed by atoms with Crippen LogP contribution < -0.4 is 10.6 Å². The van der Waals surface area contributed by atoms with Gasteiger partial charge in [0.05, 0.1) is 10.6 Å². The van der Waals surface area contributed by atoms with E-state index >= 15 is 0 Å². The fourth-order valence-electron chi connectivity index (χ4n) is 1.93. The van der Waals surface area contributed by atoms with Crippen molar-refractivity contribution in [3.05, 3.63) is 76.8 Å². The summed E-state index contributed by atoms with van der Waals surface area (Å²) < 4.78 is 0. The van der Waals surface area contributed by atoms with Crippen molar-refractivity contribution < 1.29 is 9.59 Å². The van der Waals surface area contributed by atoms with Gasteiger partial charge in [0.25, 0.3) is 5.91 Å². The largest absolute Gasteiger partial charge is 0.348 e. The van der Waals surface area contributed by atoms with Crippen molar-refractivity contribution in [1.82, 2.24) is 5.32 Å². The summed E-state index contributed by atoms with van der Waals surface area (Å²) in [5.74, 6) is -0.559. The molecule has 0 bridgehead atoms. The van der Waals surface area contributed by atoms with Crippen molar-refractivity contribution in [2.45, 2.75) is 6.54 Å². The van der Waals surface area contributed by atoms with Gasteiger partial charge in [0.1, 0.15) is 6.07 Å². The van der Waals surface area contributed by atoms with Crippen LogP contribution in [0.2, 0.25) is 5.02 Å². The van der Waals surface area contributed by atoms with Crippen LogP contribution in [0, 0.1) is 11.3 Å². The Balaban J connectivity index is 2.04. The van der Waals surface area contributed by atoms with E-state index in [1.165, 1.54) is 12.1 Å². The molecular formula is C18H14ClN3O2. The van der Waals surface area contributed by atoms with E-state index in [1.54, 1.807) is 36.4 Å². The van der Waals surface area contributed by atoms with E-state index in [0.29, 0.717) is 28.4 Å². The summed E-state index contributed by atoms with van der Waals surface area (Å²) in [4.78, 5) is 23.3. The summed E-state index contributed by atoms with van der Waals surface area (Å²) in [5.41, 5.74) is 2.10. The molecule has 0 unspecified atom stereocenters. The second-order valence-electron chi connectivity index (χ2n) is 4.88. The fraction of sp³-hybridized carbons (Fsp3) is 0.0556. The first-order chi connectivity index (χ1) is 11.5. The van der Waals surface area contributed by atoms with Crippen LogP contribution in [-0.4, -0.2) is 11.8 Å². The lowest BCUT2D eigenvalue weighted by atomic mass is 10.1. The molecular weight excluding hydrogens is 326 g/mol. The lowest BCUT2D eigenvalue weighted by Gasteiger charge is -2.07. The number of hydrogen-bond acceptors (Lipinski definition) is 3. The molecule has 2 amide bonds. The van der Waals surface area contributed by atoms with E-state index in [1.807, 2.05) is 6.07 Å². The summed E-state index contributed by atoms with van der Waals surface area (Å²) in [6.07, 6.45) is 1.20. The third-order valence-electron chi connectivity index (χ3n) is 3.21. The number of rotatable bonds is 5. The van der Waals surface area contributed by atoms with Gasteiger partial charge in [-0.2, -0.15) is 5.26 Å². The highest BCUT2D eigenvalue weighted by Crippen LogP contribution is 2.20. The van der Waals surface area contributed by atoms with E-state index in [-0.39, 0.29) is 11.8 Å². The maximum absolute atomic E-state index is 12.2. The lowest BCUT2D eigenvalue weighted by molar-refractivity contribution is -0.116. The Labute approximate surface area is 144 Å². The van der Waals surface area contributed by atoms with Gasteiger partial charge in [0.15, 0.2) is 0 Å². The minimum Gasteiger partial charge on any atom is -0.348 e. The Hall–Kier alpha value is -3.10. The third-order valence-corrected chi connectivity index (χ3v) is 3.54. The van der Waals surface area contributed by atoms with Gasteiger partial charge in [-0.3, -0.25) is 9.59 Å². The quantitative estimate of drug-likeness (QED) is 0.820. The number of amides is 2. The molecule has 0 aromatic heterocycles. The van der Waals surface area contributed by atoms with Crippen molar-refractivity contribution in [2.75, 3.05) is 5.32 Å². The number of carbonyl (C=O) groups excluding carboxylic acids is 2. The number of carbonyl (C=O) groups is 2. The molecule has 0 radical (unpaired) electrons. The van der Waals surface area contributed by atoms with Crippen LogP contribution >= 0.6 is 11.6 Å². The smallest absolute Gasteiger partial charge is 0.255 e. The number of hydrogen-bond donors (Lipinski definition) is 2. The predicted octanol–water partition coefficient (Wildman–Crippen LogP) is 3.27. The molecule has 5 nitrogen and oxygen atoms in total. The molecule has 0 heterocycles. The van der Waals surface area contributed by atoms with Crippen LogP contribution in [-0.2, 0) is 11.3 Å². The Morgan fingerprint density at radius 3 is 2.54 bits per heavy atom. The van der Waals surface area contributed by atoms with E-state index in [0.717, 1.165) is 5.56 Å². The molecule has 120 valence electrons. The summed E-state index contributed by atoms with van der Waals surface area (Å²) in [6, 6.07) is 13.5. The van der Waals surface area contributed by atoms with Crippen molar-refractivity contribution in [2.24, 2.45) is 0 Å². The van der Waals surface area contributed by atoms with Crippen LogP contribution in [0.3, 0.4) is 0 Å². The van der Waals surface area contributed by atoms with Crippen molar-refractivity contribution in [3.8, 4) is 6.07 Å². The summed E-state index contributed by atoms with van der Waals surface area (Å²) in [6.45, 7) is 3.73. The molecule has 6 heteroatoms. The van der Waals surface area contributed by atoms with Gasteiger partial charge in [-0.15, -0.1) is 0 Å². The molecule has 2 N–H and O–H groups in total. The van der Waals surface area contributed by atoms with Gasteiger partial charge in [0, 0.05) is 17.8 Å². The van der Waals surface area contributed by atoms with Gasteiger partial charge in [0.2, 0.25) is 5.91 Å². The summed E-state index contributed by atoms with van der Waals surface area (Å²) >= 11 is 5.86. The molecule has 2 rings (SSSR count). The van der Waals surface area contributed by atoms with Gasteiger partial charge in [-0.1, -0.05) is 30.3 Å². The molecule has 0 spiro atoms. The Kier molecular flexibility index (Phi) is 5.72. The normalized spacial score (nSPS) is 9.67. The number of nitriles is 1. The van der Waals surface area contributed by atoms with Gasteiger partial charge in [-0.05, 0) is 42.0 Å². The zero-order valence-electron chi connectivity index (χ0n) is 12.7. The van der Waals surface area contributed by atoms with Crippen LogP contribution in [0.1, 0.15) is 21.5 Å². The first-order valence-corrected chi connectivity index (χ1v) is 7.41. The van der Waals surface area contributed by atoms with Crippen LogP contribution in [0.15, 0.2) is 55.1 Å². The van der Waals surface area contributed by atoms with Gasteiger partial charge in [-0.25, -0.2) is 0 Å². The Morgan fingerprint density at radius 2 is 1.92 bits per heavy atom. The second-order valence-corrected chi connectivity index (χ2v) is 5.29. The van der Waals surface area contributed by atoms with Crippen LogP contribution in [0.25, 0.3) is 0 Å². The average Bonchev–Trinajstić information content (AvgIpc) is 2.61. The lowest BCUT2D eigenvalue weighted by Crippen LogP contribution is -2.20. The molecule has 2 aromatic carbocycles. The van der Waals surface area contributed by atoms with Crippen molar-refractivity contribution in [1.29, 1.82) is 5.26 Å². The Bertz CT molecular complexity index is 823. The molecule has 0 aliphatic heterocycles. The van der Waals surface area contributed by atoms with E-state index in [4.69, 9.17) is 16.9 Å². The second kappa shape index (κ2) is 7.95. The molecule has 24 heavy (non-hydrogen) atoms. The standard InChI is InChI=1S/C18H14ClN3O2/c1-2-17(23)21-11-12-3-5-13(6-4-12)18(24)22-15-7-8-16(19)14(9-15)10-20/h2-9H,1,11H2,(H,21,23)(H,22,24). The maximum atomic E-state index is 12.2. The number of nitrogens with zero attached hydrogens (tertiary/aromatic N) is 1. The molecule has 0 aliphatic rings. The van der Waals surface area contributed by atoms with Crippen molar-refractivity contribution >= 4 is 29.1 Å². The third kappa shape index (κ3) is 4.45. The minimum absolute atomic E-state index is 0.257. The number of halogens is 1. The number of nitrogens with one attached hydrogen (secondary N) is 2. The zero-order chi connectivity index (χ0) is 17.5. The highest BCUT2D eigenvalue weighted by atomic mass is 35.5. The number of anilines is 1. The van der Waals surface area contributed by atoms with Gasteiger partial charge >= 0.3 is 0 Å². The zero-order valence-corrected chi connectivity index (χ0v) is 13.4. The highest BCUT2D eigenvalue weighted by Gasteiger charge is 2.08. The Morgan fingerprint density at radius 1 is 1.21 bits per heavy atom. The maximum Gasteiger partial charge on any atom is 0.255 e. The molecule has 0 atom stereocenters. The first kappa shape index (κ1) is 17.3. The SMILES string of the molecule is C=CC(=O)NCc1ccc(C(=O)Nc2ccc(Cl)c(C#N)c2)cc1. The predicted molar refractivity (Wildman–Crippen MR) is 92.6 cm³/mol. The number of benzene rings is 2. The first-order valence-electron chi connectivity index (χ1n) is 7.03. The molecule has 0 saturated carbocycles. The topological polar surface area (TPSA) is 82.0 Å². The monoisotopic (exact) mass is 339 g/mol. The van der Waals surface area contributed by atoms with E-state index in [9.17, 15) is 9.59 Å². The minimum atomic E-state index is -0.303. The van der Waals surface area contributed by atoms with Gasteiger partial charge < -0.3 is 10.6 Å². The molecule has 0 saturated heterocycles. The fourth-order valence-corrected chi connectivity index (χ4v) is 2.09. The van der Waals surface area contributed by atoms with E-state index < -0.39 is 0 Å². The highest BCUT2D eigenvalue weighted by molar-refractivity contribution is 6.31. The summed E-state index contributed by atoms with van der Waals surface area (Å²) in [7, 11) is 0. The summed E-state index contributed by atoms with van der Waals surface area (Å²) in [5, 5.41) is 14.6. The average molecular weight is 340 g/mol. The van der Waals surface area contributed by atoms with Crippen LogP contribution in [0.4, 0.5) is 5.69 Å². The van der Waals surface area contributed by atoms with Crippen molar-refractivity contribution in [3.63, 3.8) is 0 Å². The van der Waals surface area contributed by atoms with E-state index in [2.05, 4.69) is 17.2 Å². The molecule has 0 fully saturated rings. The van der Waals surface area contributed by atoms with Crippen LogP contribution in [0.5, 0.6) is 0 Å². The molecule has 0 aliphatic carbocycles. The molecule has 2 aromatic rings.